The van der Waals surface area contributed by atoms with Gasteiger partial charge in [0.25, 0.3) is 0 Å². The number of amides is 2. The zero-order valence-electron chi connectivity index (χ0n) is 10.3. The van der Waals surface area contributed by atoms with Crippen molar-refractivity contribution in [3.63, 3.8) is 0 Å². The summed E-state index contributed by atoms with van der Waals surface area (Å²) in [5.41, 5.74) is -0.478. The first-order chi connectivity index (χ1) is 9.49. The summed E-state index contributed by atoms with van der Waals surface area (Å²) in [6.45, 7) is 0. The fourth-order valence-corrected chi connectivity index (χ4v) is 1.38. The highest BCUT2D eigenvalue weighted by molar-refractivity contribution is 5.99. The maximum atomic E-state index is 13.3. The van der Waals surface area contributed by atoms with E-state index in [2.05, 4.69) is 10.3 Å². The number of hydrogen-bond acceptors (Lipinski definition) is 2. The largest absolute Gasteiger partial charge is 0.412 e. The van der Waals surface area contributed by atoms with Crippen molar-refractivity contribution in [3.05, 3.63) is 53.9 Å². The van der Waals surface area contributed by atoms with Crippen LogP contribution < -0.4 is 10.6 Å². The maximum absolute atomic E-state index is 13.3. The van der Waals surface area contributed by atoms with E-state index in [0.29, 0.717) is 11.8 Å². The second-order valence-corrected chi connectivity index (χ2v) is 3.66. The molecule has 5 nitrogen and oxygen atoms in total. The molecule has 4 N–H and O–H groups in total. The lowest BCUT2D eigenvalue weighted by Crippen LogP contribution is -2.20. The van der Waals surface area contributed by atoms with Crippen LogP contribution in [0, 0.1) is 23.3 Å². The van der Waals surface area contributed by atoms with E-state index in [1.54, 1.807) is 0 Å². The van der Waals surface area contributed by atoms with E-state index < -0.39 is 35.0 Å². The number of rotatable bonds is 2. The van der Waals surface area contributed by atoms with Crippen molar-refractivity contribution in [2.24, 2.45) is 0 Å². The molecule has 112 valence electrons. The van der Waals surface area contributed by atoms with Crippen molar-refractivity contribution in [2.45, 2.75) is 0 Å². The lowest BCUT2D eigenvalue weighted by atomic mass is 10.2. The van der Waals surface area contributed by atoms with Gasteiger partial charge in [0.1, 0.15) is 0 Å². The summed E-state index contributed by atoms with van der Waals surface area (Å²) >= 11 is 0. The summed E-state index contributed by atoms with van der Waals surface area (Å²) in [6.07, 6.45) is 2.79. The minimum absolute atomic E-state index is 0. The first kappa shape index (κ1) is 16.4. The van der Waals surface area contributed by atoms with Crippen LogP contribution in [0.15, 0.2) is 30.6 Å². The van der Waals surface area contributed by atoms with Crippen molar-refractivity contribution in [3.8, 4) is 0 Å². The standard InChI is InChI=1S/C12H7F4N3O.H2O/c13-7-5-8(10(15)11(16)9(7)14)19-12(20)18-6-1-3-17-4-2-6;/h1-5H,(H2,17,18,19,20);1H2. The Labute approximate surface area is 115 Å². The molecule has 21 heavy (non-hydrogen) atoms. The molecule has 0 fully saturated rings. The Morgan fingerprint density at radius 1 is 0.952 bits per heavy atom. The molecule has 0 spiro atoms. The SMILES string of the molecule is O.O=C(Nc1ccncc1)Nc1cc(F)c(F)c(F)c1F. The van der Waals surface area contributed by atoms with Crippen LogP contribution in [0.5, 0.6) is 0 Å². The molecular formula is C12H9F4N3O2. The Hall–Kier alpha value is -2.68. The summed E-state index contributed by atoms with van der Waals surface area (Å²) in [7, 11) is 0. The van der Waals surface area contributed by atoms with Gasteiger partial charge in [-0.15, -0.1) is 0 Å². The number of urea groups is 1. The van der Waals surface area contributed by atoms with Crippen LogP contribution in [0.2, 0.25) is 0 Å². The fraction of sp³-hybridized carbons (Fsp3) is 0. The Kier molecular flexibility index (Phi) is 5.19. The molecule has 0 atom stereocenters. The van der Waals surface area contributed by atoms with Crippen LogP contribution in [-0.2, 0) is 0 Å². The number of pyridine rings is 1. The number of hydrogen-bond donors (Lipinski definition) is 2. The van der Waals surface area contributed by atoms with Crippen molar-refractivity contribution in [2.75, 3.05) is 10.6 Å². The van der Waals surface area contributed by atoms with Gasteiger partial charge in [0.05, 0.1) is 5.69 Å². The zero-order chi connectivity index (χ0) is 14.7. The van der Waals surface area contributed by atoms with Gasteiger partial charge in [0, 0.05) is 24.1 Å². The number of aromatic nitrogens is 1. The van der Waals surface area contributed by atoms with Gasteiger partial charge in [-0.3, -0.25) is 4.98 Å². The van der Waals surface area contributed by atoms with Gasteiger partial charge >= 0.3 is 6.03 Å². The van der Waals surface area contributed by atoms with E-state index in [0.717, 1.165) is 0 Å². The highest BCUT2D eigenvalue weighted by Gasteiger charge is 2.20. The monoisotopic (exact) mass is 303 g/mol. The lowest BCUT2D eigenvalue weighted by molar-refractivity contribution is 0.262. The molecule has 2 amide bonds. The summed E-state index contributed by atoms with van der Waals surface area (Å²) < 4.78 is 51.9. The van der Waals surface area contributed by atoms with E-state index in [4.69, 9.17) is 0 Å². The molecular weight excluding hydrogens is 294 g/mol. The highest BCUT2D eigenvalue weighted by Crippen LogP contribution is 2.22. The lowest BCUT2D eigenvalue weighted by Gasteiger charge is -2.09. The number of carbonyl (C=O) groups excluding carboxylic acids is 1. The van der Waals surface area contributed by atoms with E-state index in [-0.39, 0.29) is 5.48 Å². The van der Waals surface area contributed by atoms with Gasteiger partial charge < -0.3 is 16.1 Å². The molecule has 9 heteroatoms. The Bertz CT molecular complexity index is 653. The molecule has 1 aromatic carbocycles. The first-order valence-electron chi connectivity index (χ1n) is 5.30. The average molecular weight is 303 g/mol. The summed E-state index contributed by atoms with van der Waals surface area (Å²) in [5.74, 6) is -7.23. The predicted molar refractivity (Wildman–Crippen MR) is 66.8 cm³/mol. The van der Waals surface area contributed by atoms with Crippen LogP contribution in [0.3, 0.4) is 0 Å². The Balaban J connectivity index is 0.00000220. The molecule has 0 aliphatic heterocycles. The molecule has 1 heterocycles. The number of halogens is 4. The van der Waals surface area contributed by atoms with Crippen LogP contribution >= 0.6 is 0 Å². The molecule has 0 saturated carbocycles. The highest BCUT2D eigenvalue weighted by atomic mass is 19.2. The van der Waals surface area contributed by atoms with Crippen molar-refractivity contribution < 1.29 is 27.8 Å². The van der Waals surface area contributed by atoms with Gasteiger partial charge in [0.2, 0.25) is 0 Å². The van der Waals surface area contributed by atoms with E-state index in [1.807, 2.05) is 5.32 Å². The summed E-state index contributed by atoms with van der Waals surface area (Å²) in [6, 6.07) is 2.30. The fourth-order valence-electron chi connectivity index (χ4n) is 1.38. The third-order valence-electron chi connectivity index (χ3n) is 2.29. The summed E-state index contributed by atoms with van der Waals surface area (Å²) in [4.78, 5) is 15.2. The summed E-state index contributed by atoms with van der Waals surface area (Å²) in [5, 5.41) is 4.15. The van der Waals surface area contributed by atoms with Gasteiger partial charge in [-0.05, 0) is 12.1 Å². The van der Waals surface area contributed by atoms with Crippen LogP contribution in [0.4, 0.5) is 33.7 Å². The van der Waals surface area contributed by atoms with Gasteiger partial charge in [-0.2, -0.15) is 0 Å². The van der Waals surface area contributed by atoms with Crippen molar-refractivity contribution in [1.82, 2.24) is 4.98 Å². The van der Waals surface area contributed by atoms with Crippen molar-refractivity contribution >= 4 is 17.4 Å². The Morgan fingerprint density at radius 3 is 2.19 bits per heavy atom. The molecule has 2 aromatic rings. The number of nitrogens with one attached hydrogen (secondary N) is 2. The minimum atomic E-state index is -2.00. The van der Waals surface area contributed by atoms with Crippen LogP contribution in [0.25, 0.3) is 0 Å². The smallest absolute Gasteiger partial charge is 0.323 e. The third kappa shape index (κ3) is 3.66. The molecule has 2 rings (SSSR count). The first-order valence-corrected chi connectivity index (χ1v) is 5.30. The topological polar surface area (TPSA) is 85.5 Å². The minimum Gasteiger partial charge on any atom is -0.412 e. The number of anilines is 2. The second kappa shape index (κ2) is 6.66. The van der Waals surface area contributed by atoms with Gasteiger partial charge in [0.15, 0.2) is 23.3 Å². The van der Waals surface area contributed by atoms with Gasteiger partial charge in [-0.1, -0.05) is 0 Å². The molecule has 0 unspecified atom stereocenters. The number of carbonyl (C=O) groups is 1. The predicted octanol–water partition coefficient (Wildman–Crippen LogP) is 2.46. The second-order valence-electron chi connectivity index (χ2n) is 3.66. The quantitative estimate of drug-likeness (QED) is 0.507. The average Bonchev–Trinajstić information content (AvgIpc) is 2.43. The van der Waals surface area contributed by atoms with E-state index in [9.17, 15) is 22.4 Å². The molecule has 0 bridgehead atoms. The zero-order valence-corrected chi connectivity index (χ0v) is 10.3. The van der Waals surface area contributed by atoms with E-state index in [1.165, 1.54) is 24.5 Å². The molecule has 0 aliphatic carbocycles. The number of benzene rings is 1. The third-order valence-corrected chi connectivity index (χ3v) is 2.29. The molecule has 1 aromatic heterocycles. The normalized spacial score (nSPS) is 9.71. The molecule has 0 aliphatic rings. The van der Waals surface area contributed by atoms with Crippen LogP contribution in [0.1, 0.15) is 0 Å². The number of nitrogens with zero attached hydrogens (tertiary/aromatic N) is 1. The molecule has 0 radical (unpaired) electrons. The van der Waals surface area contributed by atoms with Crippen molar-refractivity contribution in [1.29, 1.82) is 0 Å². The van der Waals surface area contributed by atoms with Crippen LogP contribution in [-0.4, -0.2) is 16.5 Å². The molecule has 0 saturated heterocycles. The Morgan fingerprint density at radius 2 is 1.57 bits per heavy atom. The maximum Gasteiger partial charge on any atom is 0.323 e. The van der Waals surface area contributed by atoms with E-state index >= 15 is 0 Å². The van der Waals surface area contributed by atoms with Gasteiger partial charge in [-0.25, -0.2) is 22.4 Å².